The van der Waals surface area contributed by atoms with Crippen LogP contribution in [0.3, 0.4) is 0 Å². The fourth-order valence-corrected chi connectivity index (χ4v) is 2.44. The molecule has 0 atom stereocenters. The molecular formula is C18H17N3O3. The normalized spacial score (nSPS) is 10.4. The Hall–Kier alpha value is -3.15. The first kappa shape index (κ1) is 15.7. The number of hydrogen-bond acceptors (Lipinski definition) is 5. The molecule has 0 saturated carbocycles. The smallest absolute Gasteiger partial charge is 0.358 e. The molecule has 0 spiro atoms. The summed E-state index contributed by atoms with van der Waals surface area (Å²) in [7, 11) is 2.93. The van der Waals surface area contributed by atoms with Crippen LogP contribution >= 0.6 is 0 Å². The zero-order valence-corrected chi connectivity index (χ0v) is 13.5. The van der Waals surface area contributed by atoms with Crippen LogP contribution in [0.5, 0.6) is 5.75 Å². The highest BCUT2D eigenvalue weighted by Crippen LogP contribution is 2.26. The van der Waals surface area contributed by atoms with Gasteiger partial charge in [-0.3, -0.25) is 0 Å². The van der Waals surface area contributed by atoms with Gasteiger partial charge in [-0.05, 0) is 17.7 Å². The zero-order valence-electron chi connectivity index (χ0n) is 13.5. The molecule has 0 aliphatic rings. The van der Waals surface area contributed by atoms with Crippen molar-refractivity contribution in [1.82, 2.24) is 15.0 Å². The average Bonchev–Trinajstić information content (AvgIpc) is 3.05. The number of carbonyl (C=O) groups excluding carboxylic acids is 1. The molecule has 0 unspecified atom stereocenters. The van der Waals surface area contributed by atoms with Crippen molar-refractivity contribution in [2.45, 2.75) is 6.54 Å². The van der Waals surface area contributed by atoms with E-state index in [0.717, 1.165) is 11.1 Å². The van der Waals surface area contributed by atoms with Gasteiger partial charge in [0.1, 0.15) is 11.4 Å². The van der Waals surface area contributed by atoms with Gasteiger partial charge in [0.05, 0.1) is 20.8 Å². The summed E-state index contributed by atoms with van der Waals surface area (Å²) in [5, 5.41) is 8.32. The lowest BCUT2D eigenvalue weighted by Gasteiger charge is -2.07. The van der Waals surface area contributed by atoms with Gasteiger partial charge in [-0.2, -0.15) is 0 Å². The van der Waals surface area contributed by atoms with Crippen LogP contribution in [0.15, 0.2) is 54.6 Å². The Morgan fingerprint density at radius 3 is 2.58 bits per heavy atom. The summed E-state index contributed by atoms with van der Waals surface area (Å²) in [6.07, 6.45) is 0. The molecule has 3 rings (SSSR count). The second-order valence-corrected chi connectivity index (χ2v) is 5.15. The topological polar surface area (TPSA) is 66.2 Å². The Balaban J connectivity index is 2.05. The number of hydrogen-bond donors (Lipinski definition) is 0. The van der Waals surface area contributed by atoms with Crippen LogP contribution in [-0.2, 0) is 11.3 Å². The Labute approximate surface area is 139 Å². The maximum atomic E-state index is 12.3. The second-order valence-electron chi connectivity index (χ2n) is 5.15. The Kier molecular flexibility index (Phi) is 4.56. The summed E-state index contributed by atoms with van der Waals surface area (Å²) in [4.78, 5) is 12.3. The maximum absolute atomic E-state index is 12.3. The Morgan fingerprint density at radius 1 is 1.08 bits per heavy atom. The molecule has 0 bridgehead atoms. The van der Waals surface area contributed by atoms with Crippen LogP contribution < -0.4 is 4.74 Å². The molecule has 0 amide bonds. The summed E-state index contributed by atoms with van der Waals surface area (Å²) in [6, 6.07) is 17.1. The predicted molar refractivity (Wildman–Crippen MR) is 88.9 cm³/mol. The van der Waals surface area contributed by atoms with E-state index < -0.39 is 5.97 Å². The zero-order chi connectivity index (χ0) is 16.9. The number of nitrogens with zero attached hydrogens (tertiary/aromatic N) is 3. The van der Waals surface area contributed by atoms with Gasteiger partial charge >= 0.3 is 5.97 Å². The summed E-state index contributed by atoms with van der Waals surface area (Å²) in [5.41, 5.74) is 2.55. The lowest BCUT2D eigenvalue weighted by atomic mass is 10.1. The number of rotatable bonds is 5. The quantitative estimate of drug-likeness (QED) is 0.676. The van der Waals surface area contributed by atoms with Crippen LogP contribution in [0.4, 0.5) is 0 Å². The van der Waals surface area contributed by atoms with Crippen LogP contribution in [-0.4, -0.2) is 35.2 Å². The molecule has 0 saturated heterocycles. The fourth-order valence-electron chi connectivity index (χ4n) is 2.44. The van der Waals surface area contributed by atoms with Crippen LogP contribution in [0.2, 0.25) is 0 Å². The number of aromatic nitrogens is 3. The van der Waals surface area contributed by atoms with Gasteiger partial charge in [0, 0.05) is 5.56 Å². The lowest BCUT2D eigenvalue weighted by Crippen LogP contribution is -2.13. The molecule has 0 radical (unpaired) electrons. The van der Waals surface area contributed by atoms with E-state index in [1.165, 1.54) is 7.11 Å². The second kappa shape index (κ2) is 6.95. The third-order valence-corrected chi connectivity index (χ3v) is 3.63. The van der Waals surface area contributed by atoms with Gasteiger partial charge < -0.3 is 9.47 Å². The van der Waals surface area contributed by atoms with Gasteiger partial charge in [-0.15, -0.1) is 5.10 Å². The number of benzene rings is 2. The first-order chi connectivity index (χ1) is 11.7. The number of ether oxygens (including phenoxy) is 2. The molecule has 3 aromatic rings. The van der Waals surface area contributed by atoms with Crippen molar-refractivity contribution in [3.63, 3.8) is 0 Å². The minimum atomic E-state index is -0.478. The molecule has 0 aliphatic heterocycles. The molecule has 0 fully saturated rings. The monoisotopic (exact) mass is 323 g/mol. The van der Waals surface area contributed by atoms with Crippen molar-refractivity contribution in [2.75, 3.05) is 14.2 Å². The molecule has 0 aliphatic carbocycles. The largest absolute Gasteiger partial charge is 0.497 e. The highest BCUT2D eigenvalue weighted by Gasteiger charge is 2.22. The predicted octanol–water partition coefficient (Wildman–Crippen LogP) is 2.79. The Bertz CT molecular complexity index is 844. The van der Waals surface area contributed by atoms with E-state index in [-0.39, 0.29) is 0 Å². The van der Waals surface area contributed by atoms with E-state index in [1.807, 2.05) is 54.6 Å². The van der Waals surface area contributed by atoms with Crippen molar-refractivity contribution >= 4 is 5.97 Å². The van der Waals surface area contributed by atoms with E-state index in [1.54, 1.807) is 11.8 Å². The highest BCUT2D eigenvalue weighted by molar-refractivity contribution is 5.94. The Morgan fingerprint density at radius 2 is 1.88 bits per heavy atom. The summed E-state index contributed by atoms with van der Waals surface area (Å²) in [6.45, 7) is 0.433. The molecule has 6 nitrogen and oxygen atoms in total. The molecule has 2 aromatic carbocycles. The molecule has 24 heavy (non-hydrogen) atoms. The van der Waals surface area contributed by atoms with Crippen LogP contribution in [0, 0.1) is 0 Å². The summed E-state index contributed by atoms with van der Waals surface area (Å²) < 4.78 is 11.7. The van der Waals surface area contributed by atoms with Crippen LogP contribution in [0.1, 0.15) is 16.1 Å². The van der Waals surface area contributed by atoms with Crippen molar-refractivity contribution in [1.29, 1.82) is 0 Å². The molecule has 0 N–H and O–H groups in total. The van der Waals surface area contributed by atoms with Crippen molar-refractivity contribution in [3.8, 4) is 17.0 Å². The molecule has 6 heteroatoms. The summed E-state index contributed by atoms with van der Waals surface area (Å²) >= 11 is 0. The van der Waals surface area contributed by atoms with Gasteiger partial charge in [-0.25, -0.2) is 9.48 Å². The van der Waals surface area contributed by atoms with Crippen LogP contribution in [0.25, 0.3) is 11.3 Å². The van der Waals surface area contributed by atoms with Gasteiger partial charge in [0.15, 0.2) is 5.69 Å². The number of carbonyl (C=O) groups is 1. The first-order valence-electron chi connectivity index (χ1n) is 7.43. The third-order valence-electron chi connectivity index (χ3n) is 3.63. The average molecular weight is 323 g/mol. The van der Waals surface area contributed by atoms with Crippen molar-refractivity contribution < 1.29 is 14.3 Å². The molecular weight excluding hydrogens is 306 g/mol. The maximum Gasteiger partial charge on any atom is 0.358 e. The van der Waals surface area contributed by atoms with E-state index in [2.05, 4.69) is 10.3 Å². The SMILES string of the molecule is COC(=O)c1c(-c2cccc(OC)c2)nnn1Cc1ccccc1. The van der Waals surface area contributed by atoms with Crippen molar-refractivity contribution in [3.05, 3.63) is 65.9 Å². The summed E-state index contributed by atoms with van der Waals surface area (Å²) in [5.74, 6) is 0.203. The van der Waals surface area contributed by atoms with Gasteiger partial charge in [-0.1, -0.05) is 47.7 Å². The van der Waals surface area contributed by atoms with E-state index >= 15 is 0 Å². The van der Waals surface area contributed by atoms with Crippen molar-refractivity contribution in [2.24, 2.45) is 0 Å². The van der Waals surface area contributed by atoms with E-state index in [0.29, 0.717) is 23.7 Å². The standard InChI is InChI=1S/C18H17N3O3/c1-23-15-10-6-9-14(11-15)16-17(18(22)24-2)21(20-19-16)12-13-7-4-3-5-8-13/h3-11H,12H2,1-2H3. The minimum absolute atomic E-state index is 0.314. The number of esters is 1. The van der Waals surface area contributed by atoms with Gasteiger partial charge in [0.25, 0.3) is 0 Å². The molecule has 122 valence electrons. The number of methoxy groups -OCH3 is 2. The van der Waals surface area contributed by atoms with E-state index in [4.69, 9.17) is 9.47 Å². The lowest BCUT2D eigenvalue weighted by molar-refractivity contribution is 0.0588. The minimum Gasteiger partial charge on any atom is -0.497 e. The van der Waals surface area contributed by atoms with E-state index in [9.17, 15) is 4.79 Å². The third kappa shape index (κ3) is 3.12. The molecule has 1 aromatic heterocycles. The highest BCUT2D eigenvalue weighted by atomic mass is 16.5. The van der Waals surface area contributed by atoms with Gasteiger partial charge in [0.2, 0.25) is 0 Å². The molecule has 1 heterocycles. The first-order valence-corrected chi connectivity index (χ1v) is 7.43. The fraction of sp³-hybridized carbons (Fsp3) is 0.167.